The molecule has 35 heavy (non-hydrogen) atoms. The number of ether oxygens (including phenoxy) is 2. The van der Waals surface area contributed by atoms with Crippen molar-refractivity contribution in [2.75, 3.05) is 13.2 Å². The summed E-state index contributed by atoms with van der Waals surface area (Å²) in [6.07, 6.45) is 0.0761. The summed E-state index contributed by atoms with van der Waals surface area (Å²) in [5.74, 6) is -0.485. The fourth-order valence-electron chi connectivity index (χ4n) is 4.29. The Morgan fingerprint density at radius 2 is 1.89 bits per heavy atom. The first-order chi connectivity index (χ1) is 17.0. The number of benzene rings is 3. The zero-order valence-electron chi connectivity index (χ0n) is 18.5. The van der Waals surface area contributed by atoms with E-state index in [0.29, 0.717) is 46.3 Å². The maximum atomic E-state index is 13.3. The van der Waals surface area contributed by atoms with E-state index in [4.69, 9.17) is 30.6 Å². The van der Waals surface area contributed by atoms with E-state index in [-0.39, 0.29) is 6.61 Å². The molecule has 0 spiro atoms. The fourth-order valence-corrected chi connectivity index (χ4v) is 4.47. The van der Waals surface area contributed by atoms with Crippen LogP contribution in [0.25, 0.3) is 11.1 Å². The maximum absolute atomic E-state index is 13.3. The Bertz CT molecular complexity index is 1370. The van der Waals surface area contributed by atoms with E-state index in [1.165, 1.54) is 0 Å². The second-order valence-corrected chi connectivity index (χ2v) is 8.48. The van der Waals surface area contributed by atoms with E-state index in [2.05, 4.69) is 4.98 Å². The monoisotopic (exact) mass is 492 g/mol. The van der Waals surface area contributed by atoms with Crippen LogP contribution in [-0.4, -0.2) is 40.2 Å². The lowest BCUT2D eigenvalue weighted by atomic mass is 9.88. The van der Waals surface area contributed by atoms with Gasteiger partial charge in [-0.05, 0) is 47.9 Å². The molecule has 3 aromatic carbocycles. The fraction of sp³-hybridized carbons (Fsp3) is 0.192. The van der Waals surface area contributed by atoms with Crippen molar-refractivity contribution < 1.29 is 28.6 Å². The molecule has 8 nitrogen and oxygen atoms in total. The molecular formula is C26H21ClN2O6. The summed E-state index contributed by atoms with van der Waals surface area (Å²) >= 11 is 6.31. The number of aromatic nitrogens is 1. The number of aliphatic carboxylic acids is 1. The Morgan fingerprint density at radius 1 is 1.09 bits per heavy atom. The highest BCUT2D eigenvalue weighted by Gasteiger charge is 2.35. The number of hydrogen-bond acceptors (Lipinski definition) is 6. The van der Waals surface area contributed by atoms with Crippen LogP contribution in [0.5, 0.6) is 5.75 Å². The number of carboxylic acids is 1. The van der Waals surface area contributed by atoms with Crippen molar-refractivity contribution in [3.05, 3.63) is 94.3 Å². The molecule has 0 bridgehead atoms. The van der Waals surface area contributed by atoms with Crippen LogP contribution in [0.4, 0.5) is 4.79 Å². The number of carboxylic acid groups (broad SMARTS) is 1. The smallest absolute Gasteiger partial charge is 0.411 e. The molecule has 0 saturated carbocycles. The molecule has 0 unspecified atom stereocenters. The van der Waals surface area contributed by atoms with Gasteiger partial charge in [-0.1, -0.05) is 48.0 Å². The van der Waals surface area contributed by atoms with Crippen LogP contribution in [0.3, 0.4) is 0 Å². The summed E-state index contributed by atoms with van der Waals surface area (Å²) < 4.78 is 16.8. The van der Waals surface area contributed by atoms with E-state index in [9.17, 15) is 9.59 Å². The van der Waals surface area contributed by atoms with E-state index in [1.54, 1.807) is 29.2 Å². The number of rotatable bonds is 6. The third kappa shape index (κ3) is 4.79. The zero-order valence-corrected chi connectivity index (χ0v) is 19.3. The molecule has 0 saturated heterocycles. The summed E-state index contributed by atoms with van der Waals surface area (Å²) in [6, 6.07) is 19.4. The number of nitrogens with zero attached hydrogens (tertiary/aromatic N) is 2. The molecule has 0 aliphatic carbocycles. The lowest BCUT2D eigenvalue weighted by molar-refractivity contribution is -0.139. The molecule has 4 aromatic rings. The Hall–Kier alpha value is -4.04. The highest BCUT2D eigenvalue weighted by molar-refractivity contribution is 6.30. The highest BCUT2D eigenvalue weighted by Crippen LogP contribution is 2.40. The molecule has 2 heterocycles. The topological polar surface area (TPSA) is 102 Å². The number of halogens is 1. The molecule has 1 aliphatic rings. The first-order valence-electron chi connectivity index (χ1n) is 11.0. The van der Waals surface area contributed by atoms with Gasteiger partial charge in [0.15, 0.2) is 18.8 Å². The van der Waals surface area contributed by atoms with Crippen molar-refractivity contribution in [2.24, 2.45) is 0 Å². The van der Waals surface area contributed by atoms with E-state index in [1.807, 2.05) is 42.5 Å². The van der Waals surface area contributed by atoms with Crippen LogP contribution in [0.1, 0.15) is 28.6 Å². The van der Waals surface area contributed by atoms with Gasteiger partial charge in [0.05, 0.1) is 6.04 Å². The van der Waals surface area contributed by atoms with Gasteiger partial charge in [0, 0.05) is 17.1 Å². The maximum Gasteiger partial charge on any atom is 0.411 e. The third-order valence-corrected chi connectivity index (χ3v) is 6.03. The summed E-state index contributed by atoms with van der Waals surface area (Å²) in [6.45, 7) is -0.263. The standard InChI is InChI=1S/C26H21ClN2O6/c27-17-9-10-21(33-15-24(30)31)19(13-17)25-18-6-2-1-5-16(18)11-12-29(25)26(32)34-14-23-28-20-7-3-4-8-22(20)35-23/h1-10,13,25H,11-12,14-15H2,(H,30,31)/t25-/m0/s1. The van der Waals surface area contributed by atoms with Crippen LogP contribution >= 0.6 is 11.6 Å². The normalized spacial score (nSPS) is 15.0. The molecule has 1 amide bonds. The van der Waals surface area contributed by atoms with Gasteiger partial charge in [0.2, 0.25) is 5.89 Å². The number of oxazole rings is 1. The molecule has 1 N–H and O–H groups in total. The largest absolute Gasteiger partial charge is 0.482 e. The predicted molar refractivity (Wildman–Crippen MR) is 127 cm³/mol. The minimum Gasteiger partial charge on any atom is -0.482 e. The molecule has 0 radical (unpaired) electrons. The predicted octanol–water partition coefficient (Wildman–Crippen LogP) is 5.23. The SMILES string of the molecule is O=C(O)COc1ccc(Cl)cc1[C@@H]1c2ccccc2CCN1C(=O)OCc1nc2ccccc2o1. The van der Waals surface area contributed by atoms with Gasteiger partial charge in [-0.15, -0.1) is 0 Å². The molecular weight excluding hydrogens is 472 g/mol. The van der Waals surface area contributed by atoms with Crippen molar-refractivity contribution in [1.29, 1.82) is 0 Å². The number of fused-ring (bicyclic) bond motifs is 2. The summed E-state index contributed by atoms with van der Waals surface area (Å²) in [4.78, 5) is 30.4. The first kappa shape index (κ1) is 22.7. The zero-order chi connectivity index (χ0) is 24.4. The number of carbonyl (C=O) groups is 2. The second-order valence-electron chi connectivity index (χ2n) is 8.04. The van der Waals surface area contributed by atoms with Crippen LogP contribution in [-0.2, 0) is 22.6 Å². The lowest BCUT2D eigenvalue weighted by Crippen LogP contribution is -2.41. The van der Waals surface area contributed by atoms with Crippen molar-refractivity contribution in [3.63, 3.8) is 0 Å². The van der Waals surface area contributed by atoms with Crippen LogP contribution < -0.4 is 4.74 Å². The van der Waals surface area contributed by atoms with Gasteiger partial charge in [-0.2, -0.15) is 0 Å². The Kier molecular flexibility index (Phi) is 6.29. The summed E-state index contributed by atoms with van der Waals surface area (Å²) in [5.41, 5.74) is 3.83. The number of carbonyl (C=O) groups excluding carboxylic acids is 1. The lowest BCUT2D eigenvalue weighted by Gasteiger charge is -2.37. The van der Waals surface area contributed by atoms with Crippen LogP contribution in [0.15, 0.2) is 71.1 Å². The highest BCUT2D eigenvalue weighted by atomic mass is 35.5. The van der Waals surface area contributed by atoms with Crippen molar-refractivity contribution in [1.82, 2.24) is 9.88 Å². The Labute approximate surface area is 205 Å². The minimum absolute atomic E-state index is 0.129. The van der Waals surface area contributed by atoms with Gasteiger partial charge < -0.3 is 19.0 Å². The van der Waals surface area contributed by atoms with Gasteiger partial charge in [-0.25, -0.2) is 14.6 Å². The van der Waals surface area contributed by atoms with Crippen LogP contribution in [0, 0.1) is 0 Å². The molecule has 1 atom stereocenters. The first-order valence-corrected chi connectivity index (χ1v) is 11.4. The quantitative estimate of drug-likeness (QED) is 0.393. The van der Waals surface area contributed by atoms with Gasteiger partial charge >= 0.3 is 12.1 Å². The molecule has 0 fully saturated rings. The summed E-state index contributed by atoms with van der Waals surface area (Å²) in [7, 11) is 0. The summed E-state index contributed by atoms with van der Waals surface area (Å²) in [5, 5.41) is 9.54. The molecule has 178 valence electrons. The van der Waals surface area contributed by atoms with Crippen molar-refractivity contribution in [2.45, 2.75) is 19.1 Å². The van der Waals surface area contributed by atoms with Crippen molar-refractivity contribution in [3.8, 4) is 5.75 Å². The Morgan fingerprint density at radius 3 is 2.71 bits per heavy atom. The van der Waals surface area contributed by atoms with Crippen LogP contribution in [0.2, 0.25) is 5.02 Å². The van der Waals surface area contributed by atoms with E-state index in [0.717, 1.165) is 11.1 Å². The number of amides is 1. The molecule has 5 rings (SSSR count). The second kappa shape index (κ2) is 9.68. The molecule has 1 aromatic heterocycles. The molecule has 1 aliphatic heterocycles. The Balaban J connectivity index is 1.46. The minimum atomic E-state index is -1.11. The average Bonchev–Trinajstić information content (AvgIpc) is 3.29. The number of para-hydroxylation sites is 2. The van der Waals surface area contributed by atoms with E-state index >= 15 is 0 Å². The third-order valence-electron chi connectivity index (χ3n) is 5.79. The van der Waals surface area contributed by atoms with Gasteiger partial charge in [-0.3, -0.25) is 4.90 Å². The van der Waals surface area contributed by atoms with Gasteiger partial charge in [0.25, 0.3) is 0 Å². The van der Waals surface area contributed by atoms with Gasteiger partial charge in [0.1, 0.15) is 11.3 Å². The average molecular weight is 493 g/mol. The molecule has 9 heteroatoms. The van der Waals surface area contributed by atoms with E-state index < -0.39 is 24.7 Å². The number of hydrogen-bond donors (Lipinski definition) is 1. The van der Waals surface area contributed by atoms with Crippen molar-refractivity contribution >= 4 is 34.8 Å².